The molecule has 1 aliphatic rings. The molecule has 0 saturated heterocycles. The summed E-state index contributed by atoms with van der Waals surface area (Å²) in [6, 6.07) is 7.20. The zero-order valence-corrected chi connectivity index (χ0v) is 15.3. The van der Waals surface area contributed by atoms with Crippen molar-refractivity contribution in [3.8, 4) is 16.3 Å². The molecule has 7 heteroatoms. The van der Waals surface area contributed by atoms with Crippen LogP contribution in [0.3, 0.4) is 0 Å². The van der Waals surface area contributed by atoms with E-state index < -0.39 is 6.04 Å². The number of ether oxygens (including phenoxy) is 2. The molecule has 0 radical (unpaired) electrons. The van der Waals surface area contributed by atoms with E-state index >= 15 is 0 Å². The normalized spacial score (nSPS) is 17.6. The first kappa shape index (κ1) is 17.8. The van der Waals surface area contributed by atoms with Gasteiger partial charge in [0.15, 0.2) is 0 Å². The number of aromatic nitrogens is 1. The summed E-state index contributed by atoms with van der Waals surface area (Å²) in [6.07, 6.45) is 2.85. The maximum atomic E-state index is 12.2. The van der Waals surface area contributed by atoms with Gasteiger partial charge in [0.05, 0.1) is 30.3 Å². The highest BCUT2D eigenvalue weighted by atomic mass is 32.1. The molecule has 1 amide bonds. The van der Waals surface area contributed by atoms with Crippen molar-refractivity contribution in [3.63, 3.8) is 0 Å². The number of carbonyl (C=O) groups excluding carboxylic acids is 1. The molecular formula is C18H23N3O3S. The van der Waals surface area contributed by atoms with Crippen molar-refractivity contribution in [2.24, 2.45) is 5.73 Å². The predicted molar refractivity (Wildman–Crippen MR) is 97.8 cm³/mol. The van der Waals surface area contributed by atoms with Gasteiger partial charge in [0.1, 0.15) is 16.8 Å². The molecule has 6 nitrogen and oxygen atoms in total. The molecule has 2 unspecified atom stereocenters. The van der Waals surface area contributed by atoms with Gasteiger partial charge in [-0.1, -0.05) is 0 Å². The number of nitrogens with two attached hydrogens (primary N) is 1. The summed E-state index contributed by atoms with van der Waals surface area (Å²) in [5, 5.41) is 4.02. The molecule has 1 aromatic carbocycles. The zero-order valence-electron chi connectivity index (χ0n) is 14.5. The fourth-order valence-corrected chi connectivity index (χ4v) is 4.15. The molecule has 1 aromatic heterocycles. The quantitative estimate of drug-likeness (QED) is 0.824. The third kappa shape index (κ3) is 4.00. The van der Waals surface area contributed by atoms with Gasteiger partial charge in [0.2, 0.25) is 5.91 Å². The average molecular weight is 361 g/mol. The Kier molecular flexibility index (Phi) is 5.67. The lowest BCUT2D eigenvalue weighted by Crippen LogP contribution is -2.45. The van der Waals surface area contributed by atoms with Gasteiger partial charge in [0, 0.05) is 12.7 Å². The standard InChI is InChI=1S/C18H23N3O3S/c1-23-10-13(19)17(22)20-14-4-3-5-15-16(14)25-18(21-15)11-6-8-12(24-2)9-7-11/h6-9,13-14H,3-5,10,19H2,1-2H3,(H,20,22). The molecule has 3 N–H and O–H groups in total. The predicted octanol–water partition coefficient (Wildman–Crippen LogP) is 2.29. The first-order valence-corrected chi connectivity index (χ1v) is 9.13. The van der Waals surface area contributed by atoms with Gasteiger partial charge in [-0.3, -0.25) is 4.79 Å². The van der Waals surface area contributed by atoms with Crippen molar-refractivity contribution in [3.05, 3.63) is 34.8 Å². The summed E-state index contributed by atoms with van der Waals surface area (Å²) in [4.78, 5) is 18.1. The van der Waals surface area contributed by atoms with Crippen molar-refractivity contribution < 1.29 is 14.3 Å². The third-order valence-corrected chi connectivity index (χ3v) is 5.55. The smallest absolute Gasteiger partial charge is 0.239 e. The van der Waals surface area contributed by atoms with E-state index in [2.05, 4.69) is 5.32 Å². The van der Waals surface area contributed by atoms with Crippen LogP contribution >= 0.6 is 11.3 Å². The van der Waals surface area contributed by atoms with Crippen LogP contribution in [0.25, 0.3) is 10.6 Å². The lowest BCUT2D eigenvalue weighted by molar-refractivity contribution is -0.124. The number of methoxy groups -OCH3 is 2. The van der Waals surface area contributed by atoms with E-state index in [4.69, 9.17) is 20.2 Å². The average Bonchev–Trinajstić information content (AvgIpc) is 3.07. The maximum absolute atomic E-state index is 12.2. The molecule has 1 heterocycles. The van der Waals surface area contributed by atoms with Gasteiger partial charge in [-0.15, -0.1) is 11.3 Å². The minimum atomic E-state index is -0.649. The van der Waals surface area contributed by atoms with E-state index in [0.29, 0.717) is 0 Å². The molecule has 0 aliphatic heterocycles. The lowest BCUT2D eigenvalue weighted by atomic mass is 9.98. The van der Waals surface area contributed by atoms with E-state index in [0.717, 1.165) is 46.2 Å². The molecule has 2 atom stereocenters. The molecule has 0 saturated carbocycles. The van der Waals surface area contributed by atoms with Crippen molar-refractivity contribution in [1.82, 2.24) is 10.3 Å². The molecule has 0 fully saturated rings. The number of hydrogen-bond acceptors (Lipinski definition) is 6. The Morgan fingerprint density at radius 3 is 2.84 bits per heavy atom. The van der Waals surface area contributed by atoms with Crippen molar-refractivity contribution in [2.75, 3.05) is 20.8 Å². The Labute approximate surface area is 151 Å². The van der Waals surface area contributed by atoms with Gasteiger partial charge in [-0.25, -0.2) is 4.98 Å². The summed E-state index contributed by atoms with van der Waals surface area (Å²) in [6.45, 7) is 0.213. The number of nitrogens with one attached hydrogen (secondary N) is 1. The Bertz CT molecular complexity index is 730. The monoisotopic (exact) mass is 361 g/mol. The summed E-state index contributed by atoms with van der Waals surface area (Å²) < 4.78 is 10.2. The van der Waals surface area contributed by atoms with Crippen LogP contribution in [0.1, 0.15) is 29.5 Å². The Morgan fingerprint density at radius 2 is 2.16 bits per heavy atom. The number of carbonyl (C=O) groups is 1. The summed E-state index contributed by atoms with van der Waals surface area (Å²) in [5.41, 5.74) is 7.96. The maximum Gasteiger partial charge on any atom is 0.239 e. The third-order valence-electron chi connectivity index (χ3n) is 4.29. The molecule has 25 heavy (non-hydrogen) atoms. The summed E-state index contributed by atoms with van der Waals surface area (Å²) in [7, 11) is 3.19. The van der Waals surface area contributed by atoms with Gasteiger partial charge in [0.25, 0.3) is 0 Å². The van der Waals surface area contributed by atoms with Crippen LogP contribution < -0.4 is 15.8 Å². The Hall–Kier alpha value is -1.96. The number of thiazole rings is 1. The largest absolute Gasteiger partial charge is 0.497 e. The van der Waals surface area contributed by atoms with Gasteiger partial charge in [-0.05, 0) is 43.5 Å². The van der Waals surface area contributed by atoms with E-state index in [1.807, 2.05) is 24.3 Å². The fraction of sp³-hybridized carbons (Fsp3) is 0.444. The fourth-order valence-electron chi connectivity index (χ4n) is 2.95. The van der Waals surface area contributed by atoms with Gasteiger partial charge >= 0.3 is 0 Å². The molecule has 3 rings (SSSR count). The number of fused-ring (bicyclic) bond motifs is 1. The summed E-state index contributed by atoms with van der Waals surface area (Å²) >= 11 is 1.64. The molecule has 0 bridgehead atoms. The second-order valence-corrected chi connectivity index (χ2v) is 7.10. The second-order valence-electron chi connectivity index (χ2n) is 6.07. The van der Waals surface area contributed by atoms with Crippen LogP contribution in [0, 0.1) is 0 Å². The van der Waals surface area contributed by atoms with E-state index in [-0.39, 0.29) is 18.6 Å². The highest BCUT2D eigenvalue weighted by Gasteiger charge is 2.27. The first-order chi connectivity index (χ1) is 12.1. The molecule has 0 spiro atoms. The number of benzene rings is 1. The Morgan fingerprint density at radius 1 is 1.40 bits per heavy atom. The van der Waals surface area contributed by atoms with Crippen molar-refractivity contribution >= 4 is 17.2 Å². The van der Waals surface area contributed by atoms with Gasteiger partial charge in [-0.2, -0.15) is 0 Å². The van der Waals surface area contributed by atoms with Crippen LogP contribution in [0.4, 0.5) is 0 Å². The van der Waals surface area contributed by atoms with Crippen LogP contribution in [-0.2, 0) is 16.0 Å². The topological polar surface area (TPSA) is 86.5 Å². The number of amides is 1. The van der Waals surface area contributed by atoms with Crippen LogP contribution in [0.5, 0.6) is 5.75 Å². The molecular weight excluding hydrogens is 338 g/mol. The van der Waals surface area contributed by atoms with E-state index in [1.165, 1.54) is 7.11 Å². The molecule has 134 valence electrons. The number of hydrogen-bond donors (Lipinski definition) is 2. The summed E-state index contributed by atoms with van der Waals surface area (Å²) in [5.74, 6) is 0.640. The van der Waals surface area contributed by atoms with Crippen LogP contribution in [-0.4, -0.2) is 37.8 Å². The minimum Gasteiger partial charge on any atom is -0.497 e. The van der Waals surface area contributed by atoms with Crippen molar-refractivity contribution in [2.45, 2.75) is 31.3 Å². The SMILES string of the molecule is COCC(N)C(=O)NC1CCCc2nc(-c3ccc(OC)cc3)sc21. The minimum absolute atomic E-state index is 0.0244. The lowest BCUT2D eigenvalue weighted by Gasteiger charge is -2.23. The molecule has 1 aliphatic carbocycles. The first-order valence-electron chi connectivity index (χ1n) is 8.31. The van der Waals surface area contributed by atoms with Crippen LogP contribution in [0.2, 0.25) is 0 Å². The number of rotatable bonds is 6. The second kappa shape index (κ2) is 7.95. The van der Waals surface area contributed by atoms with Gasteiger partial charge < -0.3 is 20.5 Å². The highest BCUT2D eigenvalue weighted by molar-refractivity contribution is 7.15. The van der Waals surface area contributed by atoms with Crippen LogP contribution in [0.15, 0.2) is 24.3 Å². The number of aryl methyl sites for hydroxylation is 1. The highest BCUT2D eigenvalue weighted by Crippen LogP contribution is 2.38. The van der Waals surface area contributed by atoms with Crippen molar-refractivity contribution in [1.29, 1.82) is 0 Å². The van der Waals surface area contributed by atoms with E-state index in [9.17, 15) is 4.79 Å². The molecule has 2 aromatic rings. The number of nitrogens with zero attached hydrogens (tertiary/aromatic N) is 1. The zero-order chi connectivity index (χ0) is 17.8. The van der Waals surface area contributed by atoms with E-state index in [1.54, 1.807) is 18.4 Å². The Balaban J connectivity index is 1.79.